The van der Waals surface area contributed by atoms with Gasteiger partial charge < -0.3 is 10.2 Å². The van der Waals surface area contributed by atoms with Gasteiger partial charge in [-0.15, -0.1) is 5.10 Å². The minimum atomic E-state index is -0.00750. The standard InChI is InChI=1S/C22H31N5O2S/c28-19(23-16-9-3-1-2-4-10-16)15-8-7-13-26(14-15)22-25-27-20(29)17-11-5-6-12-18(17)24-21(27)30-22/h15-16H,1-14H2,(H,23,28). The highest BCUT2D eigenvalue weighted by molar-refractivity contribution is 7.20. The van der Waals surface area contributed by atoms with Gasteiger partial charge in [0.2, 0.25) is 16.0 Å². The van der Waals surface area contributed by atoms with Crippen LogP contribution >= 0.6 is 11.3 Å². The van der Waals surface area contributed by atoms with Crippen LogP contribution in [-0.4, -0.2) is 39.6 Å². The fourth-order valence-electron chi connectivity index (χ4n) is 5.20. The topological polar surface area (TPSA) is 79.6 Å². The van der Waals surface area contributed by atoms with Crippen molar-refractivity contribution in [3.8, 4) is 0 Å². The summed E-state index contributed by atoms with van der Waals surface area (Å²) in [7, 11) is 0. The number of rotatable bonds is 3. The number of carbonyl (C=O) groups excluding carboxylic acids is 1. The predicted octanol–water partition coefficient (Wildman–Crippen LogP) is 3.09. The third-order valence-corrected chi connectivity index (χ3v) is 7.90. The van der Waals surface area contributed by atoms with E-state index in [0.29, 0.717) is 17.5 Å². The molecule has 3 aliphatic rings. The number of piperidine rings is 1. The van der Waals surface area contributed by atoms with Crippen LogP contribution in [0.25, 0.3) is 4.96 Å². The van der Waals surface area contributed by atoms with Gasteiger partial charge in [0.25, 0.3) is 5.56 Å². The number of amides is 1. The molecule has 30 heavy (non-hydrogen) atoms. The Balaban J connectivity index is 1.32. The third kappa shape index (κ3) is 3.98. The molecule has 0 radical (unpaired) electrons. The highest BCUT2D eigenvalue weighted by Crippen LogP contribution is 2.28. The molecule has 8 heteroatoms. The van der Waals surface area contributed by atoms with Crippen molar-refractivity contribution in [3.05, 3.63) is 21.6 Å². The number of nitrogens with one attached hydrogen (secondary N) is 1. The van der Waals surface area contributed by atoms with Gasteiger partial charge >= 0.3 is 0 Å². The first kappa shape index (κ1) is 20.0. The molecule has 1 aliphatic heterocycles. The summed E-state index contributed by atoms with van der Waals surface area (Å²) in [4.78, 5) is 33.4. The smallest absolute Gasteiger partial charge is 0.278 e. The van der Waals surface area contributed by atoms with Crippen LogP contribution < -0.4 is 15.8 Å². The zero-order valence-corrected chi connectivity index (χ0v) is 18.4. The van der Waals surface area contributed by atoms with Gasteiger partial charge in [-0.2, -0.15) is 4.52 Å². The molecule has 1 saturated carbocycles. The largest absolute Gasteiger partial charge is 0.353 e. The molecule has 2 aliphatic carbocycles. The van der Waals surface area contributed by atoms with Crippen molar-refractivity contribution in [1.82, 2.24) is 19.9 Å². The molecule has 3 heterocycles. The molecule has 0 bridgehead atoms. The van der Waals surface area contributed by atoms with Crippen molar-refractivity contribution in [2.24, 2.45) is 5.92 Å². The summed E-state index contributed by atoms with van der Waals surface area (Å²) in [6.07, 6.45) is 13.0. The van der Waals surface area contributed by atoms with E-state index >= 15 is 0 Å². The van der Waals surface area contributed by atoms with E-state index in [1.165, 1.54) is 41.5 Å². The second-order valence-electron chi connectivity index (χ2n) is 9.11. The van der Waals surface area contributed by atoms with Crippen LogP contribution in [0.1, 0.15) is 75.5 Å². The van der Waals surface area contributed by atoms with E-state index in [2.05, 4.69) is 15.3 Å². The second-order valence-corrected chi connectivity index (χ2v) is 10.0. The van der Waals surface area contributed by atoms with Crippen molar-refractivity contribution in [2.45, 2.75) is 83.1 Å². The second kappa shape index (κ2) is 8.65. The monoisotopic (exact) mass is 429 g/mol. The van der Waals surface area contributed by atoms with Gasteiger partial charge in [-0.3, -0.25) is 9.59 Å². The quantitative estimate of drug-likeness (QED) is 0.759. The molecule has 5 rings (SSSR count). The average Bonchev–Trinajstić information content (AvgIpc) is 3.04. The first-order valence-corrected chi connectivity index (χ1v) is 12.5. The van der Waals surface area contributed by atoms with Gasteiger partial charge in [-0.1, -0.05) is 37.0 Å². The Kier molecular flexibility index (Phi) is 5.76. The molecular formula is C22H31N5O2S. The zero-order chi connectivity index (χ0) is 20.5. The van der Waals surface area contributed by atoms with Gasteiger partial charge in [-0.05, 0) is 51.4 Å². The summed E-state index contributed by atoms with van der Waals surface area (Å²) in [6, 6.07) is 0.340. The third-order valence-electron chi connectivity index (χ3n) is 6.93. The number of fused-ring (bicyclic) bond motifs is 2. The maximum Gasteiger partial charge on any atom is 0.278 e. The van der Waals surface area contributed by atoms with Crippen molar-refractivity contribution in [3.63, 3.8) is 0 Å². The van der Waals surface area contributed by atoms with Crippen molar-refractivity contribution in [1.29, 1.82) is 0 Å². The molecule has 2 fully saturated rings. The number of nitrogens with zero attached hydrogens (tertiary/aromatic N) is 4. The Bertz CT molecular complexity index is 976. The molecule has 1 atom stereocenters. The van der Waals surface area contributed by atoms with Crippen LogP contribution in [0, 0.1) is 5.92 Å². The number of aryl methyl sites for hydroxylation is 1. The number of hydrogen-bond acceptors (Lipinski definition) is 6. The summed E-state index contributed by atoms with van der Waals surface area (Å²) >= 11 is 1.48. The predicted molar refractivity (Wildman–Crippen MR) is 118 cm³/mol. The van der Waals surface area contributed by atoms with Crippen LogP contribution in [0.4, 0.5) is 5.13 Å². The Labute approximate surface area is 180 Å². The van der Waals surface area contributed by atoms with Gasteiger partial charge in [0.15, 0.2) is 0 Å². The first-order valence-electron chi connectivity index (χ1n) is 11.7. The van der Waals surface area contributed by atoms with Gasteiger partial charge in [-0.25, -0.2) is 4.98 Å². The minimum Gasteiger partial charge on any atom is -0.353 e. The normalized spacial score (nSPS) is 23.2. The molecule has 1 amide bonds. The molecule has 1 unspecified atom stereocenters. The van der Waals surface area contributed by atoms with Crippen LogP contribution in [0.2, 0.25) is 0 Å². The lowest BCUT2D eigenvalue weighted by Crippen LogP contribution is -2.46. The SMILES string of the molecule is O=C(NC1CCCCCC1)C1CCCN(c2nn3c(=O)c4c(nc3s2)CCCC4)C1. The highest BCUT2D eigenvalue weighted by atomic mass is 32.1. The molecule has 2 aromatic rings. The Morgan fingerprint density at radius 2 is 1.80 bits per heavy atom. The molecule has 1 N–H and O–H groups in total. The summed E-state index contributed by atoms with van der Waals surface area (Å²) in [5, 5.41) is 8.76. The average molecular weight is 430 g/mol. The molecule has 7 nitrogen and oxygen atoms in total. The van der Waals surface area contributed by atoms with E-state index in [1.54, 1.807) is 0 Å². The maximum absolute atomic E-state index is 12.9. The first-order chi connectivity index (χ1) is 14.7. The number of aromatic nitrogens is 3. The van der Waals surface area contributed by atoms with Gasteiger partial charge in [0, 0.05) is 24.7 Å². The molecule has 0 aromatic carbocycles. The van der Waals surface area contributed by atoms with E-state index in [4.69, 9.17) is 4.98 Å². The molecule has 2 aromatic heterocycles. The molecule has 1 saturated heterocycles. The van der Waals surface area contributed by atoms with Crippen LogP contribution in [0.5, 0.6) is 0 Å². The van der Waals surface area contributed by atoms with Crippen LogP contribution in [0.15, 0.2) is 4.79 Å². The fraction of sp³-hybridized carbons (Fsp3) is 0.727. The fourth-order valence-corrected chi connectivity index (χ4v) is 6.14. The summed E-state index contributed by atoms with van der Waals surface area (Å²) in [5.41, 5.74) is 1.80. The lowest BCUT2D eigenvalue weighted by Gasteiger charge is -2.32. The lowest BCUT2D eigenvalue weighted by atomic mass is 9.96. The van der Waals surface area contributed by atoms with Gasteiger partial charge in [0.05, 0.1) is 11.6 Å². The molecule has 162 valence electrons. The van der Waals surface area contributed by atoms with Crippen molar-refractivity contribution >= 4 is 27.3 Å². The van der Waals surface area contributed by atoms with E-state index in [-0.39, 0.29) is 17.4 Å². The van der Waals surface area contributed by atoms with E-state index in [9.17, 15) is 9.59 Å². The van der Waals surface area contributed by atoms with Crippen molar-refractivity contribution < 1.29 is 4.79 Å². The number of anilines is 1. The summed E-state index contributed by atoms with van der Waals surface area (Å²) < 4.78 is 1.49. The number of carbonyl (C=O) groups is 1. The van der Waals surface area contributed by atoms with E-state index in [1.807, 2.05) is 0 Å². The number of hydrogen-bond donors (Lipinski definition) is 1. The van der Waals surface area contributed by atoms with Crippen molar-refractivity contribution in [2.75, 3.05) is 18.0 Å². The maximum atomic E-state index is 12.9. The van der Waals surface area contributed by atoms with E-state index in [0.717, 1.165) is 74.3 Å². The summed E-state index contributed by atoms with van der Waals surface area (Å²) in [5.74, 6) is 0.186. The minimum absolute atomic E-state index is 0.00290. The molecular weight excluding hydrogens is 398 g/mol. The van der Waals surface area contributed by atoms with Crippen LogP contribution in [0.3, 0.4) is 0 Å². The van der Waals surface area contributed by atoms with Gasteiger partial charge in [0.1, 0.15) is 0 Å². The Morgan fingerprint density at radius 1 is 1.00 bits per heavy atom. The highest BCUT2D eigenvalue weighted by Gasteiger charge is 2.29. The molecule has 0 spiro atoms. The van der Waals surface area contributed by atoms with E-state index < -0.39 is 0 Å². The summed E-state index contributed by atoms with van der Waals surface area (Å²) in [6.45, 7) is 1.55. The van der Waals surface area contributed by atoms with Crippen LogP contribution in [-0.2, 0) is 17.6 Å². The Morgan fingerprint density at radius 3 is 2.63 bits per heavy atom. The Hall–Kier alpha value is -1.96. The lowest BCUT2D eigenvalue weighted by molar-refractivity contribution is -0.126. The zero-order valence-electron chi connectivity index (χ0n) is 17.6.